The van der Waals surface area contributed by atoms with E-state index in [2.05, 4.69) is 0 Å². The molecule has 0 saturated heterocycles. The van der Waals surface area contributed by atoms with Crippen molar-refractivity contribution in [2.75, 3.05) is 26.7 Å². The van der Waals surface area contributed by atoms with Crippen LogP contribution in [0.2, 0.25) is 10.0 Å². The Bertz CT molecular complexity index is 2810. The minimum atomic E-state index is -3.62. The number of hydrogen-bond acceptors (Lipinski definition) is 8. The number of sulfone groups is 2. The number of hydrogen-bond donors (Lipinski definition) is 0. The van der Waals surface area contributed by atoms with Gasteiger partial charge in [0.2, 0.25) is 0 Å². The van der Waals surface area contributed by atoms with Crippen LogP contribution in [0.4, 0.5) is 0 Å². The monoisotopic (exact) mass is 846 g/mol. The third-order valence-corrected chi connectivity index (χ3v) is 12.1. The molecule has 0 aliphatic heterocycles. The van der Waals surface area contributed by atoms with Gasteiger partial charge in [-0.05, 0) is 96.1 Å². The molecule has 0 aliphatic carbocycles. The smallest absolute Gasteiger partial charge is 0.178 e. The first-order valence-electron chi connectivity index (χ1n) is 17.8. The average molecular weight is 848 g/mol. The van der Waals surface area contributed by atoms with Gasteiger partial charge in [0.15, 0.2) is 19.7 Å². The molecule has 6 aromatic carbocycles. The highest BCUT2D eigenvalue weighted by atomic mass is 35.5. The molecule has 0 radical (unpaired) electrons. The van der Waals surface area contributed by atoms with E-state index in [1.54, 1.807) is 62.8 Å². The van der Waals surface area contributed by atoms with Gasteiger partial charge in [0.1, 0.15) is 21.3 Å². The first-order valence-corrected chi connectivity index (χ1v) is 22.4. The average Bonchev–Trinajstić information content (AvgIpc) is 3.22. The summed E-state index contributed by atoms with van der Waals surface area (Å²) in [6.45, 7) is 0. The van der Waals surface area contributed by atoms with Crippen LogP contribution >= 0.6 is 23.2 Å². The minimum Gasteiger partial charge on any atom is -0.497 e. The summed E-state index contributed by atoms with van der Waals surface area (Å²) in [7, 11) is -4.06. The van der Waals surface area contributed by atoms with Crippen molar-refractivity contribution in [2.45, 2.75) is 9.79 Å². The number of pyridine rings is 2. The maximum absolute atomic E-state index is 13.0. The number of aromatic nitrogens is 2. The number of ether oxygens (including phenoxy) is 2. The molecule has 2 aromatic heterocycles. The van der Waals surface area contributed by atoms with Gasteiger partial charge in [-0.25, -0.2) is 26.8 Å². The zero-order valence-electron chi connectivity index (χ0n) is 31.8. The Morgan fingerprint density at radius 3 is 1.10 bits per heavy atom. The maximum atomic E-state index is 13.0. The molecule has 0 N–H and O–H groups in total. The number of halogens is 2. The van der Waals surface area contributed by atoms with Gasteiger partial charge in [0.05, 0.1) is 36.6 Å². The van der Waals surface area contributed by atoms with Crippen LogP contribution < -0.4 is 9.47 Å². The molecule has 0 unspecified atom stereocenters. The molecule has 0 aliphatic rings. The highest BCUT2D eigenvalue weighted by Crippen LogP contribution is 2.42. The van der Waals surface area contributed by atoms with Gasteiger partial charge in [0.25, 0.3) is 0 Å². The summed E-state index contributed by atoms with van der Waals surface area (Å²) in [5.41, 5.74) is 6.33. The lowest BCUT2D eigenvalue weighted by molar-refractivity contribution is 0.415. The number of fused-ring (bicyclic) bond motifs is 2. The number of rotatable bonds is 8. The lowest BCUT2D eigenvalue weighted by Crippen LogP contribution is -2.06. The Morgan fingerprint density at radius 2 is 0.793 bits per heavy atom. The molecule has 0 bridgehead atoms. The van der Waals surface area contributed by atoms with E-state index in [9.17, 15) is 16.8 Å². The predicted molar refractivity (Wildman–Crippen MR) is 235 cm³/mol. The molecule has 12 heteroatoms. The van der Waals surface area contributed by atoms with Crippen molar-refractivity contribution in [3.63, 3.8) is 0 Å². The molecular formula is C46H36Cl2N2O6S2. The molecule has 8 aromatic rings. The fraction of sp³-hybridized carbons (Fsp3) is 0.0870. The normalized spacial score (nSPS) is 11.6. The maximum Gasteiger partial charge on any atom is 0.178 e. The minimum absolute atomic E-state index is 0.184. The van der Waals surface area contributed by atoms with E-state index in [1.165, 1.54) is 12.5 Å². The zero-order chi connectivity index (χ0) is 41.2. The molecule has 8 nitrogen and oxygen atoms in total. The van der Waals surface area contributed by atoms with E-state index in [1.807, 2.05) is 97.1 Å². The van der Waals surface area contributed by atoms with Crippen LogP contribution in [0.5, 0.6) is 11.5 Å². The number of nitrogens with zero attached hydrogens (tertiary/aromatic N) is 2. The van der Waals surface area contributed by atoms with Crippen molar-refractivity contribution >= 4 is 64.7 Å². The van der Waals surface area contributed by atoms with Crippen LogP contribution in [-0.2, 0) is 19.7 Å². The fourth-order valence-corrected chi connectivity index (χ4v) is 9.40. The molecule has 0 atom stereocenters. The summed E-state index contributed by atoms with van der Waals surface area (Å²) >= 11 is 12.5. The Hall–Kier alpha value is -5.78. The van der Waals surface area contributed by atoms with Crippen LogP contribution in [0.25, 0.3) is 66.6 Å². The van der Waals surface area contributed by atoms with E-state index >= 15 is 0 Å². The molecule has 292 valence electrons. The standard InChI is InChI=1S/2C23H18ClNO3S/c2*1-28-18-11-8-16(9-12-18)22-23(29(2,26)27)21(15-6-4-3-5-7-15)19-14-17(24)10-13-20(19)25-22/h2*3-14H,1-2H3. The Labute approximate surface area is 347 Å². The Kier molecular flexibility index (Phi) is 11.6. The van der Waals surface area contributed by atoms with Gasteiger partial charge in [-0.3, -0.25) is 0 Å². The van der Waals surface area contributed by atoms with E-state index in [4.69, 9.17) is 42.6 Å². The number of methoxy groups -OCH3 is 2. The highest BCUT2D eigenvalue weighted by molar-refractivity contribution is 7.91. The van der Waals surface area contributed by atoms with Crippen LogP contribution in [-0.4, -0.2) is 53.5 Å². The Morgan fingerprint density at radius 1 is 0.448 bits per heavy atom. The summed E-state index contributed by atoms with van der Waals surface area (Å²) in [5, 5.41) is 2.43. The van der Waals surface area contributed by atoms with Crippen molar-refractivity contribution in [2.24, 2.45) is 0 Å². The second kappa shape index (κ2) is 16.6. The summed E-state index contributed by atoms with van der Waals surface area (Å²) in [6.07, 6.45) is 2.42. The topological polar surface area (TPSA) is 113 Å². The van der Waals surface area contributed by atoms with Crippen LogP contribution in [0, 0.1) is 0 Å². The quantitative estimate of drug-likeness (QED) is 0.149. The SMILES string of the molecule is COc1ccc(-c2nc3ccc(Cl)cc3c(-c3ccccc3)c2S(C)(=O)=O)cc1.COc1ccc(-c2nc3ccc(Cl)cc3c(-c3ccccc3)c2S(C)(=O)=O)cc1. The van der Waals surface area contributed by atoms with E-state index in [0.29, 0.717) is 77.0 Å². The van der Waals surface area contributed by atoms with Gasteiger partial charge in [-0.1, -0.05) is 83.9 Å². The molecule has 0 spiro atoms. The first kappa shape index (κ1) is 40.4. The third-order valence-electron chi connectivity index (χ3n) is 9.40. The van der Waals surface area contributed by atoms with Crippen molar-refractivity contribution in [3.8, 4) is 56.3 Å². The zero-order valence-corrected chi connectivity index (χ0v) is 34.9. The number of benzene rings is 6. The molecule has 58 heavy (non-hydrogen) atoms. The van der Waals surface area contributed by atoms with Crippen molar-refractivity contribution in [1.29, 1.82) is 0 Å². The lowest BCUT2D eigenvalue weighted by Gasteiger charge is -2.17. The van der Waals surface area contributed by atoms with Gasteiger partial charge in [-0.15, -0.1) is 0 Å². The first-order chi connectivity index (χ1) is 27.8. The predicted octanol–water partition coefficient (Wildman–Crippen LogP) is 11.3. The second-order valence-corrected chi connectivity index (χ2v) is 18.2. The molecule has 8 rings (SSSR count). The lowest BCUT2D eigenvalue weighted by atomic mass is 9.98. The van der Waals surface area contributed by atoms with Crippen LogP contribution in [0.3, 0.4) is 0 Å². The van der Waals surface area contributed by atoms with Gasteiger partial charge in [-0.2, -0.15) is 0 Å². The molecular weight excluding hydrogens is 812 g/mol. The van der Waals surface area contributed by atoms with E-state index < -0.39 is 19.7 Å². The highest BCUT2D eigenvalue weighted by Gasteiger charge is 2.27. The molecule has 2 heterocycles. The van der Waals surface area contributed by atoms with Gasteiger partial charge >= 0.3 is 0 Å². The second-order valence-electron chi connectivity index (χ2n) is 13.4. The van der Waals surface area contributed by atoms with E-state index in [0.717, 1.165) is 11.1 Å². The van der Waals surface area contributed by atoms with Crippen molar-refractivity contribution in [1.82, 2.24) is 9.97 Å². The van der Waals surface area contributed by atoms with Gasteiger partial charge < -0.3 is 9.47 Å². The van der Waals surface area contributed by atoms with Gasteiger partial charge in [0, 0.05) is 55.6 Å². The summed E-state index contributed by atoms with van der Waals surface area (Å²) < 4.78 is 62.4. The Balaban J connectivity index is 0.000000177. The van der Waals surface area contributed by atoms with E-state index in [-0.39, 0.29) is 9.79 Å². The third kappa shape index (κ3) is 8.42. The summed E-state index contributed by atoms with van der Waals surface area (Å²) in [5.74, 6) is 1.37. The summed E-state index contributed by atoms with van der Waals surface area (Å²) in [4.78, 5) is 9.80. The summed E-state index contributed by atoms with van der Waals surface area (Å²) in [6, 6.07) is 43.9. The van der Waals surface area contributed by atoms with Crippen molar-refractivity contribution in [3.05, 3.63) is 156 Å². The molecule has 0 fully saturated rings. The van der Waals surface area contributed by atoms with Crippen molar-refractivity contribution < 1.29 is 26.3 Å². The fourth-order valence-electron chi connectivity index (χ4n) is 6.83. The van der Waals surface area contributed by atoms with Crippen LogP contribution in [0.15, 0.2) is 155 Å². The molecule has 0 saturated carbocycles. The largest absolute Gasteiger partial charge is 0.497 e. The molecule has 0 amide bonds. The van der Waals surface area contributed by atoms with Crippen LogP contribution in [0.1, 0.15) is 0 Å².